The molecule has 1 spiro atoms. The third kappa shape index (κ3) is 5.20. The van der Waals surface area contributed by atoms with Gasteiger partial charge in [-0.05, 0) is 44.0 Å². The Morgan fingerprint density at radius 2 is 1.46 bits per heavy atom. The van der Waals surface area contributed by atoms with Crippen LogP contribution in [0.4, 0.5) is 11.4 Å². The molecule has 0 aromatic heterocycles. The van der Waals surface area contributed by atoms with Crippen molar-refractivity contribution in [1.82, 2.24) is 4.90 Å². The van der Waals surface area contributed by atoms with Gasteiger partial charge in [0.2, 0.25) is 5.91 Å². The van der Waals surface area contributed by atoms with E-state index in [2.05, 4.69) is 92.1 Å². The average molecular weight is 470 g/mol. The van der Waals surface area contributed by atoms with Gasteiger partial charge in [0.1, 0.15) is 6.04 Å². The molecule has 1 unspecified atom stereocenters. The minimum Gasteiger partial charge on any atom is -0.380 e. The summed E-state index contributed by atoms with van der Waals surface area (Å²) in [6.07, 6.45) is 0.640. The quantitative estimate of drug-likeness (QED) is 0.466. The number of nitrogens with zero attached hydrogens (tertiary/aromatic N) is 1. The number of nitrogens with one attached hydrogen (secondary N) is 2. The number of ether oxygens (including phenoxy) is 1. The Labute approximate surface area is 208 Å². The number of anilines is 2. The van der Waals surface area contributed by atoms with Crippen molar-refractivity contribution in [2.75, 3.05) is 36.9 Å². The molecule has 3 aromatic carbocycles. The normalized spacial score (nSPS) is 17.7. The summed E-state index contributed by atoms with van der Waals surface area (Å²) in [6, 6.07) is 25.0. The Balaban J connectivity index is 1.35. The van der Waals surface area contributed by atoms with Crippen molar-refractivity contribution in [1.29, 1.82) is 0 Å². The number of rotatable bonds is 8. The van der Waals surface area contributed by atoms with Crippen LogP contribution in [-0.2, 0) is 16.0 Å². The molecule has 5 rings (SSSR count). The monoisotopic (exact) mass is 469 g/mol. The van der Waals surface area contributed by atoms with Crippen LogP contribution in [0.15, 0.2) is 72.8 Å². The first-order chi connectivity index (χ1) is 16.9. The van der Waals surface area contributed by atoms with Crippen molar-refractivity contribution in [3.05, 3.63) is 95.1 Å². The highest BCUT2D eigenvalue weighted by molar-refractivity contribution is 5.87. The van der Waals surface area contributed by atoms with E-state index in [1.807, 2.05) is 17.0 Å². The number of hydrogen-bond acceptors (Lipinski definition) is 4. The number of para-hydroxylation sites is 2. The molecule has 5 nitrogen and oxygen atoms in total. The lowest BCUT2D eigenvalue weighted by atomic mass is 9.77. The van der Waals surface area contributed by atoms with Crippen LogP contribution in [0.1, 0.15) is 35.2 Å². The van der Waals surface area contributed by atoms with Crippen LogP contribution in [-0.4, -0.2) is 43.2 Å². The van der Waals surface area contributed by atoms with Crippen LogP contribution in [0.2, 0.25) is 0 Å². The van der Waals surface area contributed by atoms with Crippen molar-refractivity contribution < 1.29 is 9.53 Å². The van der Waals surface area contributed by atoms with E-state index in [-0.39, 0.29) is 23.4 Å². The SMILES string of the molecule is Cc1ccc(C[C@H](Nc2ccccc2NC(C)c2ccc(C)cc2)C(=O)N2CC3(COC3)C2)cc1. The predicted molar refractivity (Wildman–Crippen MR) is 142 cm³/mol. The maximum atomic E-state index is 13.6. The number of likely N-dealkylation sites (tertiary alicyclic amines) is 1. The summed E-state index contributed by atoms with van der Waals surface area (Å²) in [5.41, 5.74) is 7.00. The minimum atomic E-state index is -0.339. The molecule has 2 heterocycles. The zero-order chi connectivity index (χ0) is 24.4. The zero-order valence-electron chi connectivity index (χ0n) is 20.9. The lowest BCUT2D eigenvalue weighted by Gasteiger charge is -2.55. The third-order valence-electron chi connectivity index (χ3n) is 7.25. The Morgan fingerprint density at radius 1 is 0.886 bits per heavy atom. The molecule has 0 saturated carbocycles. The van der Waals surface area contributed by atoms with Gasteiger partial charge in [0.25, 0.3) is 0 Å². The maximum Gasteiger partial charge on any atom is 0.245 e. The molecule has 2 aliphatic rings. The highest BCUT2D eigenvalue weighted by atomic mass is 16.5. The van der Waals surface area contributed by atoms with Gasteiger partial charge in [-0.3, -0.25) is 4.79 Å². The smallest absolute Gasteiger partial charge is 0.245 e. The van der Waals surface area contributed by atoms with Gasteiger partial charge in [-0.25, -0.2) is 0 Å². The second-order valence-electron chi connectivity index (χ2n) is 10.4. The molecule has 1 amide bonds. The second kappa shape index (κ2) is 9.74. The van der Waals surface area contributed by atoms with E-state index in [0.717, 1.165) is 43.2 Å². The Bertz CT molecular complexity index is 1160. The Hall–Kier alpha value is -3.31. The van der Waals surface area contributed by atoms with Crippen molar-refractivity contribution in [2.24, 2.45) is 5.41 Å². The van der Waals surface area contributed by atoms with E-state index < -0.39 is 0 Å². The summed E-state index contributed by atoms with van der Waals surface area (Å²) in [5, 5.41) is 7.25. The molecule has 2 atom stereocenters. The van der Waals surface area contributed by atoms with Gasteiger partial charge < -0.3 is 20.3 Å². The first-order valence-electron chi connectivity index (χ1n) is 12.5. The third-order valence-corrected chi connectivity index (χ3v) is 7.25. The fourth-order valence-electron chi connectivity index (χ4n) is 4.97. The van der Waals surface area contributed by atoms with Crippen molar-refractivity contribution in [3.63, 3.8) is 0 Å². The minimum absolute atomic E-state index is 0.138. The number of aryl methyl sites for hydroxylation is 2. The lowest BCUT2D eigenvalue weighted by Crippen LogP contribution is -2.68. The van der Waals surface area contributed by atoms with Gasteiger partial charge in [-0.2, -0.15) is 0 Å². The van der Waals surface area contributed by atoms with Gasteiger partial charge in [0.05, 0.1) is 30.0 Å². The van der Waals surface area contributed by atoms with E-state index >= 15 is 0 Å². The summed E-state index contributed by atoms with van der Waals surface area (Å²) in [4.78, 5) is 15.6. The van der Waals surface area contributed by atoms with Crippen LogP contribution in [0.25, 0.3) is 0 Å². The number of carbonyl (C=O) groups excluding carboxylic acids is 1. The first kappa shape index (κ1) is 23.4. The molecule has 2 N–H and O–H groups in total. The molecule has 2 aliphatic heterocycles. The summed E-state index contributed by atoms with van der Waals surface area (Å²) >= 11 is 0. The largest absolute Gasteiger partial charge is 0.380 e. The summed E-state index contributed by atoms with van der Waals surface area (Å²) in [6.45, 7) is 9.49. The van der Waals surface area contributed by atoms with Crippen LogP contribution in [0.5, 0.6) is 0 Å². The van der Waals surface area contributed by atoms with Crippen molar-refractivity contribution in [3.8, 4) is 0 Å². The van der Waals surface area contributed by atoms with Crippen LogP contribution < -0.4 is 10.6 Å². The molecule has 182 valence electrons. The summed E-state index contributed by atoms with van der Waals surface area (Å²) in [7, 11) is 0. The molecule has 2 saturated heterocycles. The number of carbonyl (C=O) groups is 1. The van der Waals surface area contributed by atoms with Crippen LogP contribution in [0.3, 0.4) is 0 Å². The lowest BCUT2D eigenvalue weighted by molar-refractivity contribution is -0.195. The predicted octanol–water partition coefficient (Wildman–Crippen LogP) is 5.36. The fourth-order valence-corrected chi connectivity index (χ4v) is 4.97. The topological polar surface area (TPSA) is 53.6 Å². The van der Waals surface area contributed by atoms with Gasteiger partial charge in [-0.15, -0.1) is 0 Å². The Kier molecular flexibility index (Phi) is 6.52. The number of amides is 1. The molecule has 3 aromatic rings. The van der Waals surface area contributed by atoms with Gasteiger partial charge >= 0.3 is 0 Å². The zero-order valence-corrected chi connectivity index (χ0v) is 20.9. The summed E-state index contributed by atoms with van der Waals surface area (Å²) < 4.78 is 5.40. The molecule has 2 fully saturated rings. The van der Waals surface area contributed by atoms with E-state index in [1.54, 1.807) is 0 Å². The van der Waals surface area contributed by atoms with Crippen molar-refractivity contribution >= 4 is 17.3 Å². The highest BCUT2D eigenvalue weighted by Gasteiger charge is 2.51. The molecule has 5 heteroatoms. The molecule has 35 heavy (non-hydrogen) atoms. The summed E-state index contributed by atoms with van der Waals surface area (Å²) in [5.74, 6) is 0.157. The molecule has 0 aliphatic carbocycles. The van der Waals surface area contributed by atoms with Gasteiger partial charge in [0.15, 0.2) is 0 Å². The maximum absolute atomic E-state index is 13.6. The first-order valence-corrected chi connectivity index (χ1v) is 12.5. The molecular formula is C30H35N3O2. The van der Waals surface area contributed by atoms with Crippen LogP contribution in [0, 0.1) is 19.3 Å². The molecular weight excluding hydrogens is 434 g/mol. The van der Waals surface area contributed by atoms with Gasteiger partial charge in [0, 0.05) is 25.6 Å². The van der Waals surface area contributed by atoms with E-state index in [9.17, 15) is 4.79 Å². The highest BCUT2D eigenvalue weighted by Crippen LogP contribution is 2.38. The molecule has 0 radical (unpaired) electrons. The Morgan fingerprint density at radius 3 is 2.03 bits per heavy atom. The van der Waals surface area contributed by atoms with E-state index in [0.29, 0.717) is 6.42 Å². The van der Waals surface area contributed by atoms with E-state index in [1.165, 1.54) is 16.7 Å². The van der Waals surface area contributed by atoms with E-state index in [4.69, 9.17) is 4.74 Å². The number of hydrogen-bond donors (Lipinski definition) is 2. The standard InChI is InChI=1S/C30H35N3O2/c1-21-8-12-24(13-9-21)16-28(29(34)33-17-30(18-33)19-35-20-30)32-27-7-5-4-6-26(27)31-23(3)25-14-10-22(2)11-15-25/h4-15,23,28,31-32H,16-20H2,1-3H3/t23?,28-/m0/s1. The fraction of sp³-hybridized carbons (Fsp3) is 0.367. The second-order valence-corrected chi connectivity index (χ2v) is 10.4. The van der Waals surface area contributed by atoms with Crippen LogP contribution >= 0.6 is 0 Å². The molecule has 0 bridgehead atoms. The number of benzene rings is 3. The van der Waals surface area contributed by atoms with Gasteiger partial charge in [-0.1, -0.05) is 71.8 Å². The average Bonchev–Trinajstić information content (AvgIpc) is 2.79. The van der Waals surface area contributed by atoms with Crippen molar-refractivity contribution in [2.45, 2.75) is 39.3 Å².